The molecule has 0 saturated heterocycles. The average Bonchev–Trinajstić information content (AvgIpc) is 3.15. The van der Waals surface area contributed by atoms with Gasteiger partial charge in [-0.3, -0.25) is 9.59 Å². The predicted octanol–water partition coefficient (Wildman–Crippen LogP) is 4.14. The van der Waals surface area contributed by atoms with Gasteiger partial charge in [0.15, 0.2) is 0 Å². The first-order valence-corrected chi connectivity index (χ1v) is 9.58. The van der Waals surface area contributed by atoms with E-state index in [-0.39, 0.29) is 12.5 Å². The molecule has 2 N–H and O–H groups in total. The van der Waals surface area contributed by atoms with E-state index in [9.17, 15) is 9.59 Å². The van der Waals surface area contributed by atoms with Crippen LogP contribution in [0.25, 0.3) is 0 Å². The maximum absolute atomic E-state index is 13.6. The zero-order valence-corrected chi connectivity index (χ0v) is 16.3. The first kappa shape index (κ1) is 19.0. The lowest BCUT2D eigenvalue weighted by molar-refractivity contribution is -0.123. The number of benzene rings is 3. The molecule has 1 aliphatic heterocycles. The van der Waals surface area contributed by atoms with Gasteiger partial charge in [-0.2, -0.15) is 0 Å². The summed E-state index contributed by atoms with van der Waals surface area (Å²) in [6.45, 7) is 0.213. The normalized spacial score (nSPS) is 15.8. The summed E-state index contributed by atoms with van der Waals surface area (Å²) in [6, 6.07) is 21.7. The SMILES string of the molecule is NC(=O)C(c1ccccc1)N(C(=O)c1ccccc1)[C@@H]1COc2ccc(Cl)cc21. The van der Waals surface area contributed by atoms with E-state index in [1.54, 1.807) is 54.6 Å². The number of halogens is 1. The standard InChI is InChI=1S/C23H19ClN2O3/c24-17-11-12-20-18(13-17)19(14-29-20)26(23(28)16-9-5-2-6-10-16)21(22(25)27)15-7-3-1-4-8-15/h1-13,19,21H,14H2,(H2,25,27)/t19-,21?/m1/s1. The molecule has 0 radical (unpaired) electrons. The number of nitrogens with zero attached hydrogens (tertiary/aromatic N) is 1. The summed E-state index contributed by atoms with van der Waals surface area (Å²) in [5, 5.41) is 0.529. The topological polar surface area (TPSA) is 72.6 Å². The second-order valence-electron chi connectivity index (χ2n) is 6.80. The van der Waals surface area contributed by atoms with E-state index in [0.29, 0.717) is 21.9 Å². The maximum atomic E-state index is 13.6. The molecule has 1 aliphatic rings. The molecule has 1 unspecified atom stereocenters. The largest absolute Gasteiger partial charge is 0.491 e. The lowest BCUT2D eigenvalue weighted by Crippen LogP contribution is -2.44. The molecule has 3 aromatic rings. The summed E-state index contributed by atoms with van der Waals surface area (Å²) in [7, 11) is 0. The Morgan fingerprint density at radius 3 is 2.31 bits per heavy atom. The number of rotatable bonds is 5. The minimum Gasteiger partial charge on any atom is -0.491 e. The molecule has 0 saturated carbocycles. The third kappa shape index (κ3) is 3.69. The Labute approximate surface area is 173 Å². The van der Waals surface area contributed by atoms with Crippen molar-refractivity contribution in [1.29, 1.82) is 0 Å². The number of hydrogen-bond acceptors (Lipinski definition) is 3. The summed E-state index contributed by atoms with van der Waals surface area (Å²) in [6.07, 6.45) is 0. The number of primary amides is 1. The lowest BCUT2D eigenvalue weighted by atomic mass is 9.98. The van der Waals surface area contributed by atoms with Gasteiger partial charge in [-0.15, -0.1) is 0 Å². The molecule has 3 aromatic carbocycles. The number of amides is 2. The molecule has 0 spiro atoms. The van der Waals surface area contributed by atoms with Gasteiger partial charge in [0, 0.05) is 16.1 Å². The van der Waals surface area contributed by atoms with E-state index in [1.807, 2.05) is 24.3 Å². The number of ether oxygens (including phenoxy) is 1. The van der Waals surface area contributed by atoms with E-state index in [4.69, 9.17) is 22.1 Å². The fourth-order valence-electron chi connectivity index (χ4n) is 3.67. The molecule has 2 atom stereocenters. The van der Waals surface area contributed by atoms with Crippen LogP contribution in [0.4, 0.5) is 0 Å². The zero-order chi connectivity index (χ0) is 20.4. The van der Waals surface area contributed by atoms with E-state index in [1.165, 1.54) is 4.90 Å². The Morgan fingerprint density at radius 2 is 1.66 bits per heavy atom. The maximum Gasteiger partial charge on any atom is 0.255 e. The molecule has 0 bridgehead atoms. The van der Waals surface area contributed by atoms with Crippen molar-refractivity contribution in [3.8, 4) is 5.75 Å². The Bertz CT molecular complexity index is 1040. The van der Waals surface area contributed by atoms with E-state index in [0.717, 1.165) is 5.56 Å². The number of carbonyl (C=O) groups is 2. The van der Waals surface area contributed by atoms with Crippen LogP contribution in [0.2, 0.25) is 5.02 Å². The fourth-order valence-corrected chi connectivity index (χ4v) is 3.85. The molecule has 4 rings (SSSR count). The van der Waals surface area contributed by atoms with Gasteiger partial charge in [-0.25, -0.2) is 0 Å². The van der Waals surface area contributed by atoms with Crippen LogP contribution in [0, 0.1) is 0 Å². The second-order valence-corrected chi connectivity index (χ2v) is 7.24. The molecule has 0 fully saturated rings. The zero-order valence-electron chi connectivity index (χ0n) is 15.5. The molecule has 0 aliphatic carbocycles. The van der Waals surface area contributed by atoms with E-state index >= 15 is 0 Å². The molecule has 0 aromatic heterocycles. The van der Waals surface area contributed by atoms with E-state index < -0.39 is 18.0 Å². The summed E-state index contributed by atoms with van der Waals surface area (Å²) in [4.78, 5) is 27.7. The Kier molecular flexibility index (Phi) is 5.23. The fraction of sp³-hybridized carbons (Fsp3) is 0.130. The molecular weight excluding hydrogens is 388 g/mol. The van der Waals surface area contributed by atoms with Crippen molar-refractivity contribution >= 4 is 23.4 Å². The highest BCUT2D eigenvalue weighted by Crippen LogP contribution is 2.42. The minimum absolute atomic E-state index is 0.213. The first-order valence-electron chi connectivity index (χ1n) is 9.20. The Morgan fingerprint density at radius 1 is 1.00 bits per heavy atom. The molecule has 5 nitrogen and oxygen atoms in total. The molecule has 29 heavy (non-hydrogen) atoms. The summed E-state index contributed by atoms with van der Waals surface area (Å²) < 4.78 is 5.79. The van der Waals surface area contributed by atoms with Gasteiger partial charge in [0.05, 0.1) is 6.04 Å². The Balaban J connectivity index is 1.86. The number of hydrogen-bond donors (Lipinski definition) is 1. The highest BCUT2D eigenvalue weighted by molar-refractivity contribution is 6.30. The van der Waals surface area contributed by atoms with Gasteiger partial charge in [-0.05, 0) is 35.9 Å². The van der Waals surface area contributed by atoms with Crippen LogP contribution in [0.3, 0.4) is 0 Å². The summed E-state index contributed by atoms with van der Waals surface area (Å²) >= 11 is 6.20. The van der Waals surface area contributed by atoms with E-state index in [2.05, 4.69) is 0 Å². The van der Waals surface area contributed by atoms with Crippen LogP contribution in [-0.2, 0) is 4.79 Å². The van der Waals surface area contributed by atoms with Crippen LogP contribution >= 0.6 is 11.6 Å². The van der Waals surface area contributed by atoms with Crippen molar-refractivity contribution in [3.05, 3.63) is 101 Å². The minimum atomic E-state index is -0.956. The van der Waals surface area contributed by atoms with Crippen molar-refractivity contribution < 1.29 is 14.3 Å². The average molecular weight is 407 g/mol. The third-order valence-electron chi connectivity index (χ3n) is 4.98. The van der Waals surface area contributed by atoms with Crippen LogP contribution in [0.1, 0.15) is 33.6 Å². The summed E-state index contributed by atoms with van der Waals surface area (Å²) in [5.74, 6) is -0.280. The highest BCUT2D eigenvalue weighted by atomic mass is 35.5. The summed E-state index contributed by atoms with van der Waals surface area (Å²) in [5.41, 5.74) is 7.66. The van der Waals surface area contributed by atoms with Gasteiger partial charge < -0.3 is 15.4 Å². The molecular formula is C23H19ClN2O3. The molecule has 2 amide bonds. The number of carbonyl (C=O) groups excluding carboxylic acids is 2. The van der Waals surface area contributed by atoms with Crippen LogP contribution in [-0.4, -0.2) is 23.3 Å². The third-order valence-corrected chi connectivity index (χ3v) is 5.22. The predicted molar refractivity (Wildman–Crippen MR) is 111 cm³/mol. The van der Waals surface area contributed by atoms with Crippen molar-refractivity contribution in [2.75, 3.05) is 6.61 Å². The lowest BCUT2D eigenvalue weighted by Gasteiger charge is -2.34. The van der Waals surface area contributed by atoms with Gasteiger partial charge in [-0.1, -0.05) is 60.1 Å². The van der Waals surface area contributed by atoms with Crippen LogP contribution in [0.15, 0.2) is 78.9 Å². The van der Waals surface area contributed by atoms with Gasteiger partial charge in [0.25, 0.3) is 5.91 Å². The van der Waals surface area contributed by atoms with Crippen molar-refractivity contribution in [3.63, 3.8) is 0 Å². The molecule has 6 heteroatoms. The quantitative estimate of drug-likeness (QED) is 0.692. The van der Waals surface area contributed by atoms with Crippen LogP contribution < -0.4 is 10.5 Å². The second kappa shape index (κ2) is 7.97. The van der Waals surface area contributed by atoms with Gasteiger partial charge in [0.1, 0.15) is 18.4 Å². The van der Waals surface area contributed by atoms with Crippen molar-refractivity contribution in [1.82, 2.24) is 4.90 Å². The van der Waals surface area contributed by atoms with Crippen molar-refractivity contribution in [2.24, 2.45) is 5.73 Å². The highest BCUT2D eigenvalue weighted by Gasteiger charge is 2.40. The van der Waals surface area contributed by atoms with Gasteiger partial charge >= 0.3 is 0 Å². The smallest absolute Gasteiger partial charge is 0.255 e. The van der Waals surface area contributed by atoms with Crippen molar-refractivity contribution in [2.45, 2.75) is 12.1 Å². The number of nitrogens with two attached hydrogens (primary N) is 1. The monoisotopic (exact) mass is 406 g/mol. The number of fused-ring (bicyclic) bond motifs is 1. The molecule has 1 heterocycles. The first-order chi connectivity index (χ1) is 14.1. The Hall–Kier alpha value is -3.31. The molecule has 146 valence electrons. The van der Waals surface area contributed by atoms with Gasteiger partial charge in [0.2, 0.25) is 5.91 Å². The van der Waals surface area contributed by atoms with Crippen LogP contribution in [0.5, 0.6) is 5.75 Å².